The highest BCUT2D eigenvalue weighted by molar-refractivity contribution is 6.01. The molecule has 0 radical (unpaired) electrons. The third-order valence-corrected chi connectivity index (χ3v) is 21.1. The molecule has 0 fully saturated rings. The summed E-state index contributed by atoms with van der Waals surface area (Å²) in [6, 6.07) is 2.25. The van der Waals surface area contributed by atoms with Crippen LogP contribution in [0.3, 0.4) is 0 Å². The number of benzene rings is 3. The number of nitrogens with two attached hydrogens (primary N) is 7. The number of carbonyl (C=O) groups is 19. The zero-order valence-corrected chi connectivity index (χ0v) is 77.2. The van der Waals surface area contributed by atoms with Crippen LogP contribution in [0.1, 0.15) is 141 Å². The Balaban J connectivity index is 1.54. The number of para-hydroxylation sites is 1. The Morgan fingerprint density at radius 1 is 0.380 bits per heavy atom. The Morgan fingerprint density at radius 2 is 0.774 bits per heavy atom. The molecule has 3 aromatic carbocycles. The number of carboxylic acid groups (broad SMARTS) is 1. The van der Waals surface area contributed by atoms with Crippen LogP contribution in [-0.4, -0.2) is 288 Å². The van der Waals surface area contributed by atoms with Crippen LogP contribution in [0.25, 0.3) is 10.9 Å². The van der Waals surface area contributed by atoms with Crippen molar-refractivity contribution in [1.82, 2.24) is 101 Å². The normalized spacial score (nSPS) is 14.3. The number of carbonyl (C=O) groups excluding carboxylic acids is 18. The number of nitrogens with one attached hydrogen (secondary N) is 21. The molecule has 0 saturated carbocycles. The molecule has 4 aromatic rings. The van der Waals surface area contributed by atoms with Crippen molar-refractivity contribution in [3.05, 3.63) is 108 Å². The van der Waals surface area contributed by atoms with Gasteiger partial charge in [-0.05, 0) is 146 Å². The molecule has 0 aliphatic rings. The summed E-state index contributed by atoms with van der Waals surface area (Å²) in [5.74, 6) is -20.6. The highest BCUT2D eigenvalue weighted by Crippen LogP contribution is 2.21. The maximum atomic E-state index is 14.9. The standard InChI is InChI=1S/C87H134N28O22/c1-46(2)36-61(79(130)103-48(4)73(124)112-64(40-67(92)119)81(132)111-60(85(136)137)30-31-66(91)118)113-77(128)56(26-14-16-32-88)108-75(126)58(28-18-34-97-86(93)94)107-72(123)47(3)104-83(134)65(45-116)114-78(129)57(27-15-17-33-89)109-76(127)59(29-19-35-98-87(95)96)110-80(131)63(39-52-41-99-55-25-13-12-24-53(52)55)106-70(122)44-102-84(135)71(49(5)117)115-82(133)62(38-51-22-10-7-11-23-51)105-69(121)43-100-68(120)42-101-74(125)54(90)37-50-20-8-6-9-21-50/h6-13,20-25,41,46-49,54,56-65,71,99,116-117H,14-19,26-40,42-45,88-90H2,1-5H3,(H2,91,118)(H2,92,119)(H,100,120)(H,101,125)(H,102,135)(H,103,130)(H,104,134)(H,105,121)(H,106,122)(H,107,123)(H,108,126)(H,109,127)(H,110,131)(H,111,132)(H,112,124)(H,113,128)(H,114,129)(H,115,133)(H,136,137)(H4,93,94,97)(H4,95,96,98)/t47-,48-,49+,54-,56-,57-,58-,59-,60-,61-,62-,63-,64-,65-,71-/m0/s1. The fourth-order valence-corrected chi connectivity index (χ4v) is 13.7. The lowest BCUT2D eigenvalue weighted by Crippen LogP contribution is -2.61. The van der Waals surface area contributed by atoms with Gasteiger partial charge >= 0.3 is 5.97 Å². The van der Waals surface area contributed by atoms with Crippen LogP contribution in [0, 0.1) is 16.7 Å². The van der Waals surface area contributed by atoms with Crippen LogP contribution in [0.2, 0.25) is 0 Å². The SMILES string of the molecule is CC(C)C[C@H](NC(=O)[C@H](CCCCN)NC(=O)[C@H](CCCNC(=N)N)NC(=O)[C@H](C)NC(=O)[C@H](CO)NC(=O)[C@H](CCCCN)NC(=O)[C@H](CCCNC(=N)N)NC(=O)[C@H](Cc1c[nH]c2ccccc12)NC(=O)CNC(=O)[C@@H](NC(=O)[C@H](Cc1ccccc1)NC(=O)CNC(=O)CNC(=O)[C@@H](N)Cc1ccccc1)[C@@H](C)O)C(=O)N[C@@H](C)C(=O)N[C@@H](CC(N)=O)C(=O)N[C@@H](CCC(N)=O)C(=O)O. The molecule has 0 bridgehead atoms. The first-order valence-corrected chi connectivity index (χ1v) is 44.7. The van der Waals surface area contributed by atoms with E-state index in [1.165, 1.54) is 13.8 Å². The van der Waals surface area contributed by atoms with E-state index < -0.39 is 260 Å². The molecule has 15 atom stereocenters. The first-order valence-electron chi connectivity index (χ1n) is 44.7. The highest BCUT2D eigenvalue weighted by atomic mass is 16.4. The summed E-state index contributed by atoms with van der Waals surface area (Å²) in [5.41, 5.74) is 41.6. The van der Waals surface area contributed by atoms with Crippen molar-refractivity contribution in [3.8, 4) is 0 Å². The van der Waals surface area contributed by atoms with Crippen LogP contribution in [-0.2, 0) is 110 Å². The molecule has 1 heterocycles. The van der Waals surface area contributed by atoms with Gasteiger partial charge < -0.3 is 156 Å². The van der Waals surface area contributed by atoms with E-state index in [1.807, 2.05) is 0 Å². The molecule has 0 spiro atoms. The zero-order chi connectivity index (χ0) is 102. The number of hydrogen-bond acceptors (Lipinski definition) is 26. The van der Waals surface area contributed by atoms with Crippen molar-refractivity contribution in [2.75, 3.05) is 52.4 Å². The van der Waals surface area contributed by atoms with E-state index in [0.29, 0.717) is 28.5 Å². The molecule has 0 aliphatic carbocycles. The van der Waals surface area contributed by atoms with Crippen LogP contribution in [0.15, 0.2) is 91.1 Å². The lowest BCUT2D eigenvalue weighted by atomic mass is 10.0. The third-order valence-electron chi connectivity index (χ3n) is 21.1. The first kappa shape index (κ1) is 115. The molecule has 50 heteroatoms. The Morgan fingerprint density at radius 3 is 1.24 bits per heavy atom. The van der Waals surface area contributed by atoms with Gasteiger partial charge in [-0.25, -0.2) is 4.79 Å². The topological polar surface area (TPSA) is 847 Å². The Labute approximate surface area is 790 Å². The molecule has 18 amide bonds. The molecule has 38 N–H and O–H groups in total. The summed E-state index contributed by atoms with van der Waals surface area (Å²) in [4.78, 5) is 262. The van der Waals surface area contributed by atoms with Crippen LogP contribution >= 0.6 is 0 Å². The molecule has 754 valence electrons. The second-order valence-electron chi connectivity index (χ2n) is 33.0. The van der Waals surface area contributed by atoms with Crippen LogP contribution < -0.4 is 136 Å². The van der Waals surface area contributed by atoms with Gasteiger partial charge in [-0.2, -0.15) is 0 Å². The lowest BCUT2D eigenvalue weighted by molar-refractivity contribution is -0.143. The highest BCUT2D eigenvalue weighted by Gasteiger charge is 2.38. The van der Waals surface area contributed by atoms with Crippen molar-refractivity contribution in [1.29, 1.82) is 10.8 Å². The van der Waals surface area contributed by atoms with Gasteiger partial charge in [0.25, 0.3) is 0 Å². The van der Waals surface area contributed by atoms with E-state index in [4.69, 9.17) is 51.0 Å². The van der Waals surface area contributed by atoms with E-state index in [2.05, 4.69) is 101 Å². The number of primary amides is 2. The van der Waals surface area contributed by atoms with Crippen LogP contribution in [0.4, 0.5) is 0 Å². The van der Waals surface area contributed by atoms with Gasteiger partial charge in [0.15, 0.2) is 11.9 Å². The molecular weight excluding hydrogens is 1790 g/mol. The van der Waals surface area contributed by atoms with E-state index >= 15 is 0 Å². The minimum Gasteiger partial charge on any atom is -0.480 e. The van der Waals surface area contributed by atoms with E-state index in [1.54, 1.807) is 105 Å². The molecule has 50 nitrogen and oxygen atoms in total. The summed E-state index contributed by atoms with van der Waals surface area (Å²) < 4.78 is 0. The molecular formula is C87H134N28O22. The number of carboxylic acids is 1. The minimum atomic E-state index is -1.87. The van der Waals surface area contributed by atoms with E-state index in [-0.39, 0.29) is 116 Å². The average molecular weight is 1920 g/mol. The number of hydrogen-bond donors (Lipinski definition) is 31. The van der Waals surface area contributed by atoms with E-state index in [0.717, 1.165) is 12.5 Å². The van der Waals surface area contributed by atoms with Crippen molar-refractivity contribution in [3.63, 3.8) is 0 Å². The molecule has 0 saturated heterocycles. The summed E-state index contributed by atoms with van der Waals surface area (Å²) in [7, 11) is 0. The van der Waals surface area contributed by atoms with Crippen molar-refractivity contribution in [2.24, 2.45) is 46.1 Å². The van der Waals surface area contributed by atoms with Gasteiger partial charge in [-0.1, -0.05) is 92.7 Å². The molecule has 0 aliphatic heterocycles. The number of H-pyrrole nitrogens is 1. The quantitative estimate of drug-likeness (QED) is 0.0111. The van der Waals surface area contributed by atoms with Crippen molar-refractivity contribution < 1.29 is 106 Å². The van der Waals surface area contributed by atoms with Gasteiger partial charge in [-0.15, -0.1) is 0 Å². The minimum absolute atomic E-state index is 0.00649. The monoisotopic (exact) mass is 1920 g/mol. The number of amides is 18. The Kier molecular flexibility index (Phi) is 50.8. The number of aliphatic hydroxyl groups is 2. The number of aliphatic carboxylic acids is 1. The lowest BCUT2D eigenvalue weighted by Gasteiger charge is -2.28. The van der Waals surface area contributed by atoms with Gasteiger partial charge in [0, 0.05) is 49.5 Å². The largest absolute Gasteiger partial charge is 0.480 e. The maximum Gasteiger partial charge on any atom is 0.326 e. The third kappa shape index (κ3) is 43.6. The molecule has 4 rings (SSSR count). The predicted octanol–water partition coefficient (Wildman–Crippen LogP) is -9.36. The summed E-state index contributed by atoms with van der Waals surface area (Å²) in [5, 5.41) is 91.6. The van der Waals surface area contributed by atoms with E-state index in [9.17, 15) is 106 Å². The average Bonchev–Trinajstić information content (AvgIpc) is 1.68. The van der Waals surface area contributed by atoms with Gasteiger partial charge in [-0.3, -0.25) is 97.1 Å². The van der Waals surface area contributed by atoms with Gasteiger partial charge in [0.1, 0.15) is 78.5 Å². The Bertz CT molecular complexity index is 4760. The number of unbranched alkanes of at least 4 members (excludes halogenated alkanes) is 2. The smallest absolute Gasteiger partial charge is 0.326 e. The summed E-state index contributed by atoms with van der Waals surface area (Å²) in [6.07, 6.45) is -1.93. The second kappa shape index (κ2) is 60.7. The maximum absolute atomic E-state index is 14.9. The number of rotatable bonds is 64. The fraction of sp³-hybridized carbons (Fsp3) is 0.529. The fourth-order valence-electron chi connectivity index (χ4n) is 13.7. The Hall–Kier alpha value is -14.5. The number of aliphatic hydroxyl groups excluding tert-OH is 2. The number of guanidine groups is 2. The predicted molar refractivity (Wildman–Crippen MR) is 498 cm³/mol. The number of aromatic nitrogens is 1. The molecule has 0 unspecified atom stereocenters. The molecule has 137 heavy (non-hydrogen) atoms. The molecule has 1 aromatic heterocycles. The van der Waals surface area contributed by atoms with Crippen molar-refractivity contribution >= 4 is 135 Å². The number of aromatic amines is 1. The number of fused-ring (bicyclic) bond motifs is 1. The van der Waals surface area contributed by atoms with Gasteiger partial charge in [0.05, 0.1) is 44.8 Å². The van der Waals surface area contributed by atoms with Crippen molar-refractivity contribution in [2.45, 2.75) is 234 Å². The van der Waals surface area contributed by atoms with Crippen LogP contribution in [0.5, 0.6) is 0 Å². The zero-order valence-electron chi connectivity index (χ0n) is 77.2. The summed E-state index contributed by atoms with van der Waals surface area (Å²) in [6.45, 7) is 3.85. The summed E-state index contributed by atoms with van der Waals surface area (Å²) >= 11 is 0. The van der Waals surface area contributed by atoms with Gasteiger partial charge in [0.2, 0.25) is 106 Å². The first-order chi connectivity index (χ1) is 64.9. The second-order valence-corrected chi connectivity index (χ2v) is 33.0.